The molecule has 1 N–H and O–H groups in total. The van der Waals surface area contributed by atoms with E-state index in [9.17, 15) is 8.42 Å². The third kappa shape index (κ3) is 4.10. The van der Waals surface area contributed by atoms with Gasteiger partial charge in [-0.2, -0.15) is 28.8 Å². The topological polar surface area (TPSA) is 60.9 Å². The van der Waals surface area contributed by atoms with Crippen molar-refractivity contribution in [3.05, 3.63) is 0 Å². The van der Waals surface area contributed by atoms with Crippen molar-refractivity contribution >= 4 is 22.0 Å². The van der Waals surface area contributed by atoms with Crippen LogP contribution in [0, 0.1) is 5.92 Å². The van der Waals surface area contributed by atoms with Crippen LogP contribution in [0.1, 0.15) is 12.8 Å². The molecule has 1 aliphatic heterocycles. The monoisotopic (exact) mass is 282 g/mol. The van der Waals surface area contributed by atoms with Gasteiger partial charge in [-0.15, -0.1) is 0 Å². The van der Waals surface area contributed by atoms with E-state index in [0.29, 0.717) is 19.6 Å². The van der Waals surface area contributed by atoms with Gasteiger partial charge >= 0.3 is 0 Å². The Bertz CT molecular complexity index is 322. The summed E-state index contributed by atoms with van der Waals surface area (Å²) in [6, 6.07) is 0. The minimum atomic E-state index is -3.34. The fourth-order valence-corrected chi connectivity index (χ4v) is 3.97. The largest absolute Gasteiger partial charge is 0.396 e. The Morgan fingerprint density at radius 3 is 2.82 bits per heavy atom. The molecule has 0 aromatic rings. The number of nitrogens with zero attached hydrogens (tertiary/aromatic N) is 2. The maximum atomic E-state index is 12.2. The molecule has 0 saturated carbocycles. The van der Waals surface area contributed by atoms with Gasteiger partial charge in [-0.3, -0.25) is 0 Å². The lowest BCUT2D eigenvalue weighted by atomic mass is 10.0. The van der Waals surface area contributed by atoms with E-state index >= 15 is 0 Å². The van der Waals surface area contributed by atoms with Crippen LogP contribution in [0.15, 0.2) is 0 Å². The first-order chi connectivity index (χ1) is 8.02. The van der Waals surface area contributed by atoms with E-state index in [1.165, 1.54) is 8.61 Å². The minimum Gasteiger partial charge on any atom is -0.396 e. The summed E-state index contributed by atoms with van der Waals surface area (Å²) in [7, 11) is -1.72. The predicted octanol–water partition coefficient (Wildman–Crippen LogP) is 0.230. The molecule has 5 nitrogen and oxygen atoms in total. The van der Waals surface area contributed by atoms with Crippen molar-refractivity contribution in [2.45, 2.75) is 12.8 Å². The molecule has 1 fully saturated rings. The summed E-state index contributed by atoms with van der Waals surface area (Å²) >= 11 is 1.63. The minimum absolute atomic E-state index is 0.0700. The van der Waals surface area contributed by atoms with Crippen LogP contribution in [0.25, 0.3) is 0 Å². The standard InChI is InChI=1S/C10H22N2O3S2/c1-11(6-7-16-2)17(14,15)12-5-3-4-10(8-12)9-13/h10,13H,3-9H2,1-2H3. The molecule has 17 heavy (non-hydrogen) atoms. The highest BCUT2D eigenvalue weighted by molar-refractivity contribution is 7.98. The molecule has 1 atom stereocenters. The smallest absolute Gasteiger partial charge is 0.281 e. The average molecular weight is 282 g/mol. The molecule has 0 amide bonds. The number of aliphatic hydroxyl groups excluding tert-OH is 1. The van der Waals surface area contributed by atoms with E-state index in [2.05, 4.69) is 0 Å². The number of rotatable bonds is 6. The molecule has 0 aliphatic carbocycles. The van der Waals surface area contributed by atoms with Crippen LogP contribution in [0.4, 0.5) is 0 Å². The molecule has 1 heterocycles. The first-order valence-corrected chi connectivity index (χ1v) is 8.62. The summed E-state index contributed by atoms with van der Waals surface area (Å²) in [5.41, 5.74) is 0. The Balaban J connectivity index is 2.62. The second-order valence-electron chi connectivity index (χ2n) is 4.37. The average Bonchev–Trinajstić information content (AvgIpc) is 2.35. The Morgan fingerprint density at radius 1 is 1.53 bits per heavy atom. The highest BCUT2D eigenvalue weighted by Crippen LogP contribution is 2.20. The van der Waals surface area contributed by atoms with Crippen LogP contribution in [-0.2, 0) is 10.2 Å². The zero-order chi connectivity index (χ0) is 12.9. The normalized spacial score (nSPS) is 23.2. The molecule has 0 aromatic heterocycles. The molecule has 0 bridgehead atoms. The lowest BCUT2D eigenvalue weighted by molar-refractivity contribution is 0.162. The SMILES string of the molecule is CSCCN(C)S(=O)(=O)N1CCCC(CO)C1. The molecule has 1 saturated heterocycles. The maximum absolute atomic E-state index is 12.2. The highest BCUT2D eigenvalue weighted by Gasteiger charge is 2.31. The van der Waals surface area contributed by atoms with Crippen molar-refractivity contribution in [3.63, 3.8) is 0 Å². The third-order valence-corrected chi connectivity index (χ3v) is 5.62. The van der Waals surface area contributed by atoms with Crippen molar-refractivity contribution in [2.75, 3.05) is 45.3 Å². The molecule has 1 rings (SSSR count). The van der Waals surface area contributed by atoms with Crippen molar-refractivity contribution in [3.8, 4) is 0 Å². The van der Waals surface area contributed by atoms with Gasteiger partial charge in [0.25, 0.3) is 10.2 Å². The van der Waals surface area contributed by atoms with Crippen LogP contribution in [0.3, 0.4) is 0 Å². The van der Waals surface area contributed by atoms with Gasteiger partial charge in [0, 0.05) is 39.0 Å². The third-order valence-electron chi connectivity index (χ3n) is 3.07. The van der Waals surface area contributed by atoms with Gasteiger partial charge in [0.15, 0.2) is 0 Å². The van der Waals surface area contributed by atoms with Crippen molar-refractivity contribution in [1.82, 2.24) is 8.61 Å². The van der Waals surface area contributed by atoms with Crippen LogP contribution in [0.5, 0.6) is 0 Å². The molecule has 0 radical (unpaired) electrons. The summed E-state index contributed by atoms with van der Waals surface area (Å²) in [5, 5.41) is 9.12. The number of piperidine rings is 1. The summed E-state index contributed by atoms with van der Waals surface area (Å²) in [4.78, 5) is 0. The Labute approximate surface area is 108 Å². The Kier molecular flexibility index (Phi) is 6.22. The van der Waals surface area contributed by atoms with Crippen LogP contribution in [-0.4, -0.2) is 67.4 Å². The Hall–Kier alpha value is 0.180. The highest BCUT2D eigenvalue weighted by atomic mass is 32.2. The first-order valence-electron chi connectivity index (χ1n) is 5.83. The van der Waals surface area contributed by atoms with Gasteiger partial charge in [-0.05, 0) is 25.0 Å². The number of thioether (sulfide) groups is 1. The summed E-state index contributed by atoms with van der Waals surface area (Å²) in [5.74, 6) is 0.889. The van der Waals surface area contributed by atoms with Gasteiger partial charge in [0.2, 0.25) is 0 Å². The number of hydrogen-bond acceptors (Lipinski definition) is 4. The van der Waals surface area contributed by atoms with Gasteiger partial charge in [0.05, 0.1) is 0 Å². The van der Waals surface area contributed by atoms with E-state index in [1.54, 1.807) is 18.8 Å². The van der Waals surface area contributed by atoms with Crippen molar-refractivity contribution in [1.29, 1.82) is 0 Å². The molecule has 0 aromatic carbocycles. The molecule has 102 valence electrons. The Morgan fingerprint density at radius 2 is 2.24 bits per heavy atom. The van der Waals surface area contributed by atoms with Gasteiger partial charge in [0.1, 0.15) is 0 Å². The van der Waals surface area contributed by atoms with E-state index in [-0.39, 0.29) is 12.5 Å². The van der Waals surface area contributed by atoms with Crippen LogP contribution >= 0.6 is 11.8 Å². The first kappa shape index (κ1) is 15.2. The molecule has 0 spiro atoms. The van der Waals surface area contributed by atoms with Gasteiger partial charge in [-0.1, -0.05) is 0 Å². The quantitative estimate of drug-likeness (QED) is 0.757. The number of aliphatic hydroxyl groups is 1. The maximum Gasteiger partial charge on any atom is 0.281 e. The fourth-order valence-electron chi connectivity index (χ4n) is 1.92. The summed E-state index contributed by atoms with van der Waals surface area (Å²) < 4.78 is 27.3. The molecule has 1 unspecified atom stereocenters. The number of hydrogen-bond donors (Lipinski definition) is 1. The van der Waals surface area contributed by atoms with Crippen molar-refractivity contribution in [2.24, 2.45) is 5.92 Å². The molecule has 1 aliphatic rings. The van der Waals surface area contributed by atoms with E-state index in [1.807, 2.05) is 6.26 Å². The van der Waals surface area contributed by atoms with E-state index in [0.717, 1.165) is 18.6 Å². The lowest BCUT2D eigenvalue weighted by Crippen LogP contribution is -2.47. The van der Waals surface area contributed by atoms with E-state index < -0.39 is 10.2 Å². The van der Waals surface area contributed by atoms with Gasteiger partial charge in [-0.25, -0.2) is 0 Å². The fraction of sp³-hybridized carbons (Fsp3) is 1.00. The molecule has 7 heteroatoms. The van der Waals surface area contributed by atoms with Crippen molar-refractivity contribution < 1.29 is 13.5 Å². The summed E-state index contributed by atoms with van der Waals surface area (Å²) in [6.45, 7) is 1.62. The van der Waals surface area contributed by atoms with Crippen LogP contribution in [0.2, 0.25) is 0 Å². The second kappa shape index (κ2) is 6.94. The molecular formula is C10H22N2O3S2. The second-order valence-corrected chi connectivity index (χ2v) is 7.39. The summed E-state index contributed by atoms with van der Waals surface area (Å²) in [6.07, 6.45) is 3.71. The zero-order valence-electron chi connectivity index (χ0n) is 10.5. The molecular weight excluding hydrogens is 260 g/mol. The lowest BCUT2D eigenvalue weighted by Gasteiger charge is -2.33. The zero-order valence-corrected chi connectivity index (χ0v) is 12.1. The van der Waals surface area contributed by atoms with Crippen LogP contribution < -0.4 is 0 Å². The predicted molar refractivity (Wildman–Crippen MR) is 71.3 cm³/mol. The van der Waals surface area contributed by atoms with Gasteiger partial charge < -0.3 is 5.11 Å². The van der Waals surface area contributed by atoms with E-state index in [4.69, 9.17) is 5.11 Å².